The lowest BCUT2D eigenvalue weighted by atomic mass is 9.98. The number of rotatable bonds is 4. The molecule has 5 heteroatoms. The molecule has 0 unspecified atom stereocenters. The second-order valence-electron chi connectivity index (χ2n) is 6.10. The van der Waals surface area contributed by atoms with Crippen molar-refractivity contribution in [2.24, 2.45) is 0 Å². The summed E-state index contributed by atoms with van der Waals surface area (Å²) in [5.74, 6) is -0.646. The Balaban J connectivity index is 2.41. The van der Waals surface area contributed by atoms with Crippen molar-refractivity contribution in [3.05, 3.63) is 35.9 Å². The van der Waals surface area contributed by atoms with E-state index in [0.717, 1.165) is 5.56 Å². The number of methoxy groups -OCH3 is 2. The van der Waals surface area contributed by atoms with Crippen LogP contribution in [0, 0.1) is 0 Å². The molecule has 0 amide bonds. The lowest BCUT2D eigenvalue weighted by Crippen LogP contribution is -2.58. The van der Waals surface area contributed by atoms with E-state index in [1.165, 1.54) is 14.2 Å². The van der Waals surface area contributed by atoms with Crippen LogP contribution in [0.4, 0.5) is 0 Å². The summed E-state index contributed by atoms with van der Waals surface area (Å²) in [6.45, 7) is 4.14. The van der Waals surface area contributed by atoms with Crippen LogP contribution in [0.2, 0.25) is 0 Å². The van der Waals surface area contributed by atoms with E-state index in [-0.39, 0.29) is 11.9 Å². The topological polar surface area (TPSA) is 55.8 Å². The zero-order chi connectivity index (χ0) is 16.4. The molecule has 1 aliphatic heterocycles. The van der Waals surface area contributed by atoms with E-state index < -0.39 is 11.1 Å². The quantitative estimate of drug-likeness (QED) is 0.798. The third-order valence-corrected chi connectivity index (χ3v) is 4.72. The number of likely N-dealkylation sites (tertiary alicyclic amines) is 1. The van der Waals surface area contributed by atoms with Gasteiger partial charge in [-0.3, -0.25) is 14.5 Å². The Hall–Kier alpha value is -1.88. The van der Waals surface area contributed by atoms with Gasteiger partial charge in [0.1, 0.15) is 11.1 Å². The van der Waals surface area contributed by atoms with E-state index in [9.17, 15) is 9.59 Å². The van der Waals surface area contributed by atoms with Gasteiger partial charge in [0, 0.05) is 6.54 Å². The molecule has 0 spiro atoms. The van der Waals surface area contributed by atoms with Gasteiger partial charge in [-0.2, -0.15) is 0 Å². The van der Waals surface area contributed by atoms with Gasteiger partial charge in [0.05, 0.1) is 14.2 Å². The highest BCUT2D eigenvalue weighted by Gasteiger charge is 2.58. The molecular formula is C17H23NO4. The Morgan fingerprint density at radius 3 is 1.86 bits per heavy atom. The molecule has 1 aromatic rings. The fourth-order valence-electron chi connectivity index (χ4n) is 3.28. The Morgan fingerprint density at radius 2 is 1.45 bits per heavy atom. The van der Waals surface area contributed by atoms with Crippen molar-refractivity contribution in [3.63, 3.8) is 0 Å². The second kappa shape index (κ2) is 6.08. The van der Waals surface area contributed by atoms with Crippen LogP contribution in [0.5, 0.6) is 0 Å². The van der Waals surface area contributed by atoms with Gasteiger partial charge in [-0.25, -0.2) is 0 Å². The fourth-order valence-corrected chi connectivity index (χ4v) is 3.28. The minimum atomic E-state index is -0.840. The molecule has 0 radical (unpaired) electrons. The molecule has 2 atom stereocenters. The van der Waals surface area contributed by atoms with Crippen LogP contribution in [-0.4, -0.2) is 42.1 Å². The molecule has 1 saturated heterocycles. The molecule has 0 bridgehead atoms. The van der Waals surface area contributed by atoms with E-state index in [1.54, 1.807) is 0 Å². The van der Waals surface area contributed by atoms with E-state index in [4.69, 9.17) is 9.47 Å². The Kier molecular flexibility index (Phi) is 4.56. The molecule has 0 aliphatic carbocycles. The SMILES string of the molecule is COC(=O)[C@]1(C)CC[C@](C)(C(=O)OC)N1Cc1ccccc1. The summed E-state index contributed by atoms with van der Waals surface area (Å²) in [5.41, 5.74) is -0.643. The largest absolute Gasteiger partial charge is 0.468 e. The van der Waals surface area contributed by atoms with Crippen LogP contribution < -0.4 is 0 Å². The molecule has 1 fully saturated rings. The summed E-state index contributed by atoms with van der Waals surface area (Å²) in [6.07, 6.45) is 1.11. The van der Waals surface area contributed by atoms with Crippen molar-refractivity contribution in [2.45, 2.75) is 44.3 Å². The standard InChI is InChI=1S/C17H23NO4/c1-16(14(19)21-3)10-11-17(2,15(20)22-4)18(16)12-13-8-6-5-7-9-13/h5-9H,10-12H2,1-4H3/t16-,17+. The summed E-state index contributed by atoms with van der Waals surface area (Å²) in [5, 5.41) is 0. The maximum absolute atomic E-state index is 12.3. The molecular weight excluding hydrogens is 282 g/mol. The van der Waals surface area contributed by atoms with Crippen LogP contribution in [0.1, 0.15) is 32.3 Å². The van der Waals surface area contributed by atoms with Crippen molar-refractivity contribution in [1.29, 1.82) is 0 Å². The summed E-state index contributed by atoms with van der Waals surface area (Å²) < 4.78 is 9.96. The molecule has 1 heterocycles. The Labute approximate surface area is 131 Å². The van der Waals surface area contributed by atoms with Gasteiger partial charge in [-0.05, 0) is 32.3 Å². The number of carbonyl (C=O) groups is 2. The first-order valence-electron chi connectivity index (χ1n) is 7.37. The van der Waals surface area contributed by atoms with Gasteiger partial charge in [0.25, 0.3) is 0 Å². The van der Waals surface area contributed by atoms with Crippen molar-refractivity contribution < 1.29 is 19.1 Å². The molecule has 22 heavy (non-hydrogen) atoms. The first-order valence-corrected chi connectivity index (χ1v) is 7.37. The number of hydrogen-bond acceptors (Lipinski definition) is 5. The molecule has 1 aliphatic rings. The average Bonchev–Trinajstić information content (AvgIpc) is 2.81. The van der Waals surface area contributed by atoms with Crippen molar-refractivity contribution in [2.75, 3.05) is 14.2 Å². The number of carbonyl (C=O) groups excluding carboxylic acids is 2. The minimum absolute atomic E-state index is 0.323. The molecule has 0 aromatic heterocycles. The molecule has 2 rings (SSSR count). The summed E-state index contributed by atoms with van der Waals surface area (Å²) >= 11 is 0. The van der Waals surface area contributed by atoms with Crippen LogP contribution in [0.25, 0.3) is 0 Å². The molecule has 0 N–H and O–H groups in total. The number of esters is 2. The lowest BCUT2D eigenvalue weighted by Gasteiger charge is -2.40. The highest BCUT2D eigenvalue weighted by atomic mass is 16.5. The van der Waals surface area contributed by atoms with E-state index in [2.05, 4.69) is 0 Å². The van der Waals surface area contributed by atoms with Crippen LogP contribution in [0.15, 0.2) is 30.3 Å². The zero-order valence-corrected chi connectivity index (χ0v) is 13.6. The van der Waals surface area contributed by atoms with Crippen LogP contribution in [0.3, 0.4) is 0 Å². The maximum atomic E-state index is 12.3. The smallest absolute Gasteiger partial charge is 0.326 e. The first-order chi connectivity index (χ1) is 10.4. The zero-order valence-electron chi connectivity index (χ0n) is 13.6. The summed E-state index contributed by atoms with van der Waals surface area (Å²) in [4.78, 5) is 26.5. The van der Waals surface area contributed by atoms with E-state index in [1.807, 2.05) is 49.1 Å². The summed E-state index contributed by atoms with van der Waals surface area (Å²) in [6, 6.07) is 9.78. The second-order valence-corrected chi connectivity index (χ2v) is 6.10. The fraction of sp³-hybridized carbons (Fsp3) is 0.529. The predicted molar refractivity (Wildman–Crippen MR) is 82.1 cm³/mol. The first kappa shape index (κ1) is 16.5. The van der Waals surface area contributed by atoms with Gasteiger partial charge in [-0.15, -0.1) is 0 Å². The predicted octanol–water partition coefficient (Wildman–Crippen LogP) is 2.15. The lowest BCUT2D eigenvalue weighted by molar-refractivity contribution is -0.163. The highest BCUT2D eigenvalue weighted by molar-refractivity contribution is 5.86. The van der Waals surface area contributed by atoms with E-state index >= 15 is 0 Å². The van der Waals surface area contributed by atoms with Gasteiger partial charge >= 0.3 is 11.9 Å². The van der Waals surface area contributed by atoms with E-state index in [0.29, 0.717) is 19.4 Å². The highest BCUT2D eigenvalue weighted by Crippen LogP contribution is 2.43. The van der Waals surface area contributed by atoms with Gasteiger partial charge in [0.2, 0.25) is 0 Å². The van der Waals surface area contributed by atoms with Crippen molar-refractivity contribution in [1.82, 2.24) is 4.90 Å². The molecule has 1 aromatic carbocycles. The Bertz CT molecular complexity index is 529. The van der Waals surface area contributed by atoms with Gasteiger partial charge in [0.15, 0.2) is 0 Å². The number of hydrogen-bond donors (Lipinski definition) is 0. The number of ether oxygens (including phenoxy) is 2. The molecule has 0 saturated carbocycles. The van der Waals surface area contributed by atoms with Crippen molar-refractivity contribution in [3.8, 4) is 0 Å². The minimum Gasteiger partial charge on any atom is -0.468 e. The van der Waals surface area contributed by atoms with Crippen molar-refractivity contribution >= 4 is 11.9 Å². The average molecular weight is 305 g/mol. The normalized spacial score (nSPS) is 28.4. The van der Waals surface area contributed by atoms with Gasteiger partial charge < -0.3 is 9.47 Å². The Morgan fingerprint density at radius 1 is 1.00 bits per heavy atom. The number of benzene rings is 1. The molecule has 5 nitrogen and oxygen atoms in total. The van der Waals surface area contributed by atoms with Gasteiger partial charge in [-0.1, -0.05) is 30.3 Å². The van der Waals surface area contributed by atoms with Crippen LogP contribution in [-0.2, 0) is 25.6 Å². The number of nitrogens with zero attached hydrogens (tertiary/aromatic N) is 1. The summed E-state index contributed by atoms with van der Waals surface area (Å²) in [7, 11) is 2.75. The third-order valence-electron chi connectivity index (χ3n) is 4.72. The van der Waals surface area contributed by atoms with Crippen LogP contribution >= 0.6 is 0 Å². The molecule has 120 valence electrons. The third kappa shape index (κ3) is 2.61. The monoisotopic (exact) mass is 305 g/mol. The maximum Gasteiger partial charge on any atom is 0.326 e.